The van der Waals surface area contributed by atoms with Gasteiger partial charge in [-0.1, -0.05) is 13.3 Å². The number of nitrogens with zero attached hydrogens (tertiary/aromatic N) is 1. The van der Waals surface area contributed by atoms with Crippen LogP contribution in [0, 0.1) is 0 Å². The SMILES string of the molecule is CCCC1NC(=O)CCN(c2ccc(Br)c(OC)c2)C1=O. The van der Waals surface area contributed by atoms with Crippen molar-refractivity contribution in [2.75, 3.05) is 18.6 Å². The van der Waals surface area contributed by atoms with Gasteiger partial charge in [-0.25, -0.2) is 0 Å². The van der Waals surface area contributed by atoms with Gasteiger partial charge in [0.1, 0.15) is 11.8 Å². The fourth-order valence-corrected chi connectivity index (χ4v) is 2.81. The Morgan fingerprint density at radius 3 is 2.86 bits per heavy atom. The molecule has 0 spiro atoms. The standard InChI is InChI=1S/C15H19BrN2O3/c1-3-4-12-15(20)18(8-7-14(19)17-12)10-5-6-11(16)13(9-10)21-2/h5-6,9,12H,3-4,7-8H2,1-2H3,(H,17,19). The van der Waals surface area contributed by atoms with Crippen LogP contribution in [0.2, 0.25) is 0 Å². The van der Waals surface area contributed by atoms with Gasteiger partial charge < -0.3 is 15.0 Å². The number of hydrogen-bond acceptors (Lipinski definition) is 3. The Labute approximate surface area is 132 Å². The van der Waals surface area contributed by atoms with Crippen LogP contribution in [0.25, 0.3) is 0 Å². The van der Waals surface area contributed by atoms with Crippen LogP contribution >= 0.6 is 15.9 Å². The number of carbonyl (C=O) groups excluding carboxylic acids is 2. The van der Waals surface area contributed by atoms with Gasteiger partial charge in [-0.05, 0) is 34.5 Å². The third-order valence-corrected chi connectivity index (χ3v) is 4.14. The predicted octanol–water partition coefficient (Wildman–Crippen LogP) is 2.48. The molecule has 1 aliphatic rings. The molecule has 0 radical (unpaired) electrons. The van der Waals surface area contributed by atoms with E-state index < -0.39 is 6.04 Å². The summed E-state index contributed by atoms with van der Waals surface area (Å²) in [5, 5.41) is 2.80. The molecule has 0 aromatic heterocycles. The van der Waals surface area contributed by atoms with E-state index in [2.05, 4.69) is 21.2 Å². The molecule has 1 N–H and O–H groups in total. The van der Waals surface area contributed by atoms with Crippen LogP contribution in [-0.4, -0.2) is 31.5 Å². The van der Waals surface area contributed by atoms with Gasteiger partial charge in [-0.15, -0.1) is 0 Å². The monoisotopic (exact) mass is 354 g/mol. The number of hydrogen-bond donors (Lipinski definition) is 1. The molecule has 2 rings (SSSR count). The smallest absolute Gasteiger partial charge is 0.249 e. The van der Waals surface area contributed by atoms with E-state index in [9.17, 15) is 9.59 Å². The second-order valence-electron chi connectivity index (χ2n) is 4.97. The van der Waals surface area contributed by atoms with Crippen LogP contribution in [-0.2, 0) is 9.59 Å². The van der Waals surface area contributed by atoms with Crippen LogP contribution in [0.4, 0.5) is 5.69 Å². The zero-order chi connectivity index (χ0) is 15.4. The number of amides is 2. The molecular weight excluding hydrogens is 336 g/mol. The largest absolute Gasteiger partial charge is 0.495 e. The van der Waals surface area contributed by atoms with E-state index in [1.165, 1.54) is 0 Å². The van der Waals surface area contributed by atoms with E-state index in [4.69, 9.17) is 4.74 Å². The normalized spacial score (nSPS) is 19.2. The molecule has 1 aromatic carbocycles. The highest BCUT2D eigenvalue weighted by Gasteiger charge is 2.30. The highest BCUT2D eigenvalue weighted by Crippen LogP contribution is 2.30. The van der Waals surface area contributed by atoms with Gasteiger partial charge in [0.15, 0.2) is 0 Å². The van der Waals surface area contributed by atoms with Crippen LogP contribution in [0.1, 0.15) is 26.2 Å². The molecule has 1 atom stereocenters. The van der Waals surface area contributed by atoms with Crippen molar-refractivity contribution in [2.45, 2.75) is 32.2 Å². The summed E-state index contributed by atoms with van der Waals surface area (Å²) in [5.41, 5.74) is 0.748. The predicted molar refractivity (Wildman–Crippen MR) is 84.5 cm³/mol. The molecule has 6 heteroatoms. The Morgan fingerprint density at radius 2 is 2.19 bits per heavy atom. The zero-order valence-electron chi connectivity index (χ0n) is 12.2. The third kappa shape index (κ3) is 3.56. The van der Waals surface area contributed by atoms with Crippen LogP contribution in [0.3, 0.4) is 0 Å². The van der Waals surface area contributed by atoms with Crippen LogP contribution in [0.5, 0.6) is 5.75 Å². The zero-order valence-corrected chi connectivity index (χ0v) is 13.8. The van der Waals surface area contributed by atoms with Crippen molar-refractivity contribution in [3.8, 4) is 5.75 Å². The Morgan fingerprint density at radius 1 is 1.43 bits per heavy atom. The second-order valence-corrected chi connectivity index (χ2v) is 5.82. The first-order valence-corrected chi connectivity index (χ1v) is 7.80. The van der Waals surface area contributed by atoms with Gasteiger partial charge in [0.2, 0.25) is 11.8 Å². The Bertz CT molecular complexity index is 548. The summed E-state index contributed by atoms with van der Waals surface area (Å²) < 4.78 is 6.10. The molecule has 0 saturated carbocycles. The fraction of sp³-hybridized carbons (Fsp3) is 0.467. The highest BCUT2D eigenvalue weighted by molar-refractivity contribution is 9.10. The molecule has 5 nitrogen and oxygen atoms in total. The maximum atomic E-state index is 12.6. The summed E-state index contributed by atoms with van der Waals surface area (Å²) >= 11 is 3.40. The van der Waals surface area contributed by atoms with Gasteiger partial charge in [-0.3, -0.25) is 9.59 Å². The molecular formula is C15H19BrN2O3. The maximum absolute atomic E-state index is 12.6. The second kappa shape index (κ2) is 6.93. The van der Waals surface area contributed by atoms with Gasteiger partial charge in [0.05, 0.1) is 11.6 Å². The third-order valence-electron chi connectivity index (χ3n) is 3.49. The summed E-state index contributed by atoms with van der Waals surface area (Å²) in [6.45, 7) is 2.38. The minimum Gasteiger partial charge on any atom is -0.495 e. The highest BCUT2D eigenvalue weighted by atomic mass is 79.9. The quantitative estimate of drug-likeness (QED) is 0.903. The molecule has 1 unspecified atom stereocenters. The van der Waals surface area contributed by atoms with Crippen LogP contribution in [0.15, 0.2) is 22.7 Å². The number of methoxy groups -OCH3 is 1. The number of rotatable bonds is 4. The number of benzene rings is 1. The molecule has 21 heavy (non-hydrogen) atoms. The van der Waals surface area contributed by atoms with Crippen molar-refractivity contribution in [2.24, 2.45) is 0 Å². The topological polar surface area (TPSA) is 58.6 Å². The van der Waals surface area contributed by atoms with E-state index in [-0.39, 0.29) is 11.8 Å². The summed E-state index contributed by atoms with van der Waals surface area (Å²) in [6.07, 6.45) is 1.80. The molecule has 1 saturated heterocycles. The fourth-order valence-electron chi connectivity index (χ4n) is 2.40. The van der Waals surface area contributed by atoms with Gasteiger partial charge >= 0.3 is 0 Å². The van der Waals surface area contributed by atoms with Gasteiger partial charge in [-0.2, -0.15) is 0 Å². The number of anilines is 1. The molecule has 1 aromatic rings. The lowest BCUT2D eigenvalue weighted by atomic mass is 10.1. The molecule has 1 aliphatic heterocycles. The number of nitrogens with one attached hydrogen (secondary N) is 1. The summed E-state index contributed by atoms with van der Waals surface area (Å²) in [6, 6.07) is 5.06. The maximum Gasteiger partial charge on any atom is 0.249 e. The Kier molecular flexibility index (Phi) is 5.22. The van der Waals surface area contributed by atoms with E-state index in [1.807, 2.05) is 19.1 Å². The Hall–Kier alpha value is -1.56. The van der Waals surface area contributed by atoms with Crippen molar-refractivity contribution in [3.05, 3.63) is 22.7 Å². The number of carbonyl (C=O) groups is 2. The van der Waals surface area contributed by atoms with E-state index in [1.54, 1.807) is 18.1 Å². The summed E-state index contributed by atoms with van der Waals surface area (Å²) in [7, 11) is 1.58. The van der Waals surface area contributed by atoms with E-state index >= 15 is 0 Å². The molecule has 0 bridgehead atoms. The minimum atomic E-state index is -0.445. The summed E-state index contributed by atoms with van der Waals surface area (Å²) in [4.78, 5) is 26.0. The van der Waals surface area contributed by atoms with Crippen LogP contribution < -0.4 is 15.0 Å². The van der Waals surface area contributed by atoms with Crippen molar-refractivity contribution >= 4 is 33.4 Å². The molecule has 1 fully saturated rings. The average Bonchev–Trinajstić information content (AvgIpc) is 2.60. The molecule has 1 heterocycles. The first-order chi connectivity index (χ1) is 10.1. The first-order valence-electron chi connectivity index (χ1n) is 7.01. The number of ether oxygens (including phenoxy) is 1. The Balaban J connectivity index is 2.32. The lowest BCUT2D eigenvalue weighted by Gasteiger charge is -2.24. The van der Waals surface area contributed by atoms with Crippen molar-refractivity contribution in [1.29, 1.82) is 0 Å². The summed E-state index contributed by atoms with van der Waals surface area (Å²) in [5.74, 6) is 0.524. The first kappa shape index (κ1) is 15.8. The molecule has 2 amide bonds. The van der Waals surface area contributed by atoms with Crippen molar-refractivity contribution in [1.82, 2.24) is 5.32 Å². The number of halogens is 1. The molecule has 0 aliphatic carbocycles. The van der Waals surface area contributed by atoms with Gasteiger partial charge in [0, 0.05) is 24.7 Å². The lowest BCUT2D eigenvalue weighted by molar-refractivity contribution is -0.125. The average molecular weight is 355 g/mol. The van der Waals surface area contributed by atoms with Crippen molar-refractivity contribution in [3.63, 3.8) is 0 Å². The van der Waals surface area contributed by atoms with E-state index in [0.717, 1.165) is 16.6 Å². The molecule has 114 valence electrons. The van der Waals surface area contributed by atoms with Crippen molar-refractivity contribution < 1.29 is 14.3 Å². The van der Waals surface area contributed by atoms with E-state index in [0.29, 0.717) is 25.1 Å². The lowest BCUT2D eigenvalue weighted by Crippen LogP contribution is -2.44. The van der Waals surface area contributed by atoms with Gasteiger partial charge in [0.25, 0.3) is 0 Å². The minimum absolute atomic E-state index is 0.0629.